The fraction of sp³-hybridized carbons (Fsp3) is 0.682. The number of hydrogen-bond acceptors (Lipinski definition) is 3. The van der Waals surface area contributed by atoms with Gasteiger partial charge in [-0.25, -0.2) is 4.39 Å². The molecule has 1 atom stereocenters. The Bertz CT molecular complexity index is 625. The summed E-state index contributed by atoms with van der Waals surface area (Å²) < 4.78 is 13.3. The minimum absolute atomic E-state index is 0.0329. The van der Waals surface area contributed by atoms with Crippen molar-refractivity contribution in [1.29, 1.82) is 0 Å². The standard InChI is InChI=1S/C22H34FN3O/c1-22(2)16-25(13-12-20(22)24)15-21(27)26(19-6-4-3-5-7-19)14-17-8-10-18(23)11-9-17/h8-11,19-20H,3-7,12-16,24H2,1-2H3. The van der Waals surface area contributed by atoms with Gasteiger partial charge >= 0.3 is 0 Å². The molecule has 150 valence electrons. The molecule has 3 rings (SSSR count). The minimum Gasteiger partial charge on any atom is -0.334 e. The van der Waals surface area contributed by atoms with Gasteiger partial charge in [-0.15, -0.1) is 0 Å². The molecule has 4 nitrogen and oxygen atoms in total. The van der Waals surface area contributed by atoms with Crippen molar-refractivity contribution in [2.24, 2.45) is 11.1 Å². The molecule has 2 aliphatic rings. The van der Waals surface area contributed by atoms with Crippen molar-refractivity contribution in [2.75, 3.05) is 19.6 Å². The predicted octanol–water partition coefficient (Wildman–Crippen LogP) is 3.55. The molecular weight excluding hydrogens is 341 g/mol. The SMILES string of the molecule is CC1(C)CN(CC(=O)N(Cc2ccc(F)cc2)C2CCCCC2)CCC1N. The zero-order chi connectivity index (χ0) is 19.4. The van der Waals surface area contributed by atoms with Crippen LogP contribution in [-0.2, 0) is 11.3 Å². The lowest BCUT2D eigenvalue weighted by molar-refractivity contribution is -0.137. The van der Waals surface area contributed by atoms with Crippen LogP contribution in [0, 0.1) is 11.2 Å². The maximum Gasteiger partial charge on any atom is 0.237 e. The lowest BCUT2D eigenvalue weighted by Gasteiger charge is -2.43. The normalized spacial score (nSPS) is 23.9. The van der Waals surface area contributed by atoms with Crippen molar-refractivity contribution >= 4 is 5.91 Å². The molecule has 2 N–H and O–H groups in total. The van der Waals surface area contributed by atoms with Gasteiger partial charge in [-0.05, 0) is 42.4 Å². The van der Waals surface area contributed by atoms with Crippen molar-refractivity contribution < 1.29 is 9.18 Å². The number of carbonyl (C=O) groups is 1. The molecule has 1 saturated carbocycles. The summed E-state index contributed by atoms with van der Waals surface area (Å²) in [5, 5.41) is 0. The number of amides is 1. The Morgan fingerprint density at radius 3 is 2.48 bits per heavy atom. The van der Waals surface area contributed by atoms with Crippen LogP contribution in [0.2, 0.25) is 0 Å². The van der Waals surface area contributed by atoms with Crippen LogP contribution in [0.4, 0.5) is 4.39 Å². The molecule has 5 heteroatoms. The van der Waals surface area contributed by atoms with E-state index in [1.54, 1.807) is 12.1 Å². The Kier molecular flexibility index (Phi) is 6.53. The Morgan fingerprint density at radius 2 is 1.85 bits per heavy atom. The van der Waals surface area contributed by atoms with E-state index in [4.69, 9.17) is 5.73 Å². The fourth-order valence-corrected chi connectivity index (χ4v) is 4.50. The Labute approximate surface area is 162 Å². The highest BCUT2D eigenvalue weighted by Crippen LogP contribution is 2.29. The van der Waals surface area contributed by atoms with Crippen molar-refractivity contribution in [3.63, 3.8) is 0 Å². The number of carbonyl (C=O) groups excluding carboxylic acids is 1. The van der Waals surface area contributed by atoms with Crippen LogP contribution in [0.5, 0.6) is 0 Å². The quantitative estimate of drug-likeness (QED) is 0.856. The molecule has 0 aromatic heterocycles. The van der Waals surface area contributed by atoms with Gasteiger partial charge in [-0.3, -0.25) is 9.69 Å². The van der Waals surface area contributed by atoms with E-state index in [1.807, 2.05) is 4.90 Å². The van der Waals surface area contributed by atoms with Crippen LogP contribution in [0.3, 0.4) is 0 Å². The van der Waals surface area contributed by atoms with Crippen molar-refractivity contribution in [3.8, 4) is 0 Å². The number of likely N-dealkylation sites (tertiary alicyclic amines) is 1. The average molecular weight is 376 g/mol. The number of hydrogen-bond donors (Lipinski definition) is 1. The van der Waals surface area contributed by atoms with Crippen LogP contribution in [0.1, 0.15) is 57.9 Å². The summed E-state index contributed by atoms with van der Waals surface area (Å²) in [6, 6.07) is 7.04. The van der Waals surface area contributed by atoms with Gasteiger partial charge in [0.1, 0.15) is 5.82 Å². The first kappa shape index (κ1) is 20.3. The summed E-state index contributed by atoms with van der Waals surface area (Å²) >= 11 is 0. The number of piperidine rings is 1. The highest BCUT2D eigenvalue weighted by Gasteiger charge is 2.35. The Hall–Kier alpha value is -1.46. The molecule has 1 aromatic rings. The molecular formula is C22H34FN3O. The van der Waals surface area contributed by atoms with Crippen molar-refractivity contribution in [2.45, 2.75) is 71.0 Å². The van der Waals surface area contributed by atoms with Crippen LogP contribution >= 0.6 is 0 Å². The maximum absolute atomic E-state index is 13.3. The lowest BCUT2D eigenvalue weighted by atomic mass is 9.80. The topological polar surface area (TPSA) is 49.6 Å². The van der Waals surface area contributed by atoms with E-state index in [9.17, 15) is 9.18 Å². The van der Waals surface area contributed by atoms with Crippen molar-refractivity contribution in [1.82, 2.24) is 9.80 Å². The van der Waals surface area contributed by atoms with Gasteiger partial charge in [-0.2, -0.15) is 0 Å². The molecule has 1 aliphatic carbocycles. The van der Waals surface area contributed by atoms with E-state index in [-0.39, 0.29) is 23.2 Å². The largest absolute Gasteiger partial charge is 0.334 e. The second-order valence-corrected chi connectivity index (χ2v) is 9.03. The first-order chi connectivity index (χ1) is 12.8. The number of nitrogens with two attached hydrogens (primary N) is 1. The van der Waals surface area contributed by atoms with Crippen LogP contribution in [-0.4, -0.2) is 47.4 Å². The third-order valence-electron chi connectivity index (χ3n) is 6.35. The Morgan fingerprint density at radius 1 is 1.19 bits per heavy atom. The van der Waals surface area contributed by atoms with Crippen LogP contribution in [0.15, 0.2) is 24.3 Å². The molecule has 1 aromatic carbocycles. The number of rotatable bonds is 5. The van der Waals surface area contributed by atoms with Gasteiger partial charge in [0.25, 0.3) is 0 Å². The summed E-state index contributed by atoms with van der Waals surface area (Å²) in [6.07, 6.45) is 6.70. The van der Waals surface area contributed by atoms with Gasteiger partial charge < -0.3 is 10.6 Å². The molecule has 1 saturated heterocycles. The van der Waals surface area contributed by atoms with E-state index in [0.29, 0.717) is 19.1 Å². The van der Waals surface area contributed by atoms with Crippen LogP contribution in [0.25, 0.3) is 0 Å². The zero-order valence-corrected chi connectivity index (χ0v) is 16.8. The first-order valence-corrected chi connectivity index (χ1v) is 10.4. The highest BCUT2D eigenvalue weighted by atomic mass is 19.1. The lowest BCUT2D eigenvalue weighted by Crippen LogP contribution is -2.55. The summed E-state index contributed by atoms with van der Waals surface area (Å²) in [6.45, 7) is 7.13. The molecule has 2 fully saturated rings. The monoisotopic (exact) mass is 375 g/mol. The second kappa shape index (κ2) is 8.70. The summed E-state index contributed by atoms with van der Waals surface area (Å²) in [7, 11) is 0. The molecule has 1 amide bonds. The predicted molar refractivity (Wildman–Crippen MR) is 107 cm³/mol. The molecule has 1 aliphatic heterocycles. The molecule has 1 heterocycles. The van der Waals surface area contributed by atoms with Gasteiger partial charge in [0, 0.05) is 31.7 Å². The molecule has 1 unspecified atom stereocenters. The van der Waals surface area contributed by atoms with E-state index in [2.05, 4.69) is 18.7 Å². The van der Waals surface area contributed by atoms with Gasteiger partial charge in [0.2, 0.25) is 5.91 Å². The second-order valence-electron chi connectivity index (χ2n) is 9.03. The van der Waals surface area contributed by atoms with Crippen molar-refractivity contribution in [3.05, 3.63) is 35.6 Å². The maximum atomic E-state index is 13.3. The average Bonchev–Trinajstić information content (AvgIpc) is 2.64. The molecule has 0 radical (unpaired) electrons. The first-order valence-electron chi connectivity index (χ1n) is 10.4. The smallest absolute Gasteiger partial charge is 0.237 e. The fourth-order valence-electron chi connectivity index (χ4n) is 4.50. The van der Waals surface area contributed by atoms with Crippen LogP contribution < -0.4 is 5.73 Å². The molecule has 0 bridgehead atoms. The Balaban J connectivity index is 1.69. The highest BCUT2D eigenvalue weighted by molar-refractivity contribution is 5.78. The van der Waals surface area contributed by atoms with E-state index >= 15 is 0 Å². The molecule has 0 spiro atoms. The third-order valence-corrected chi connectivity index (χ3v) is 6.35. The zero-order valence-electron chi connectivity index (χ0n) is 16.8. The number of benzene rings is 1. The third kappa shape index (κ3) is 5.29. The number of halogens is 1. The molecule has 27 heavy (non-hydrogen) atoms. The van der Waals surface area contributed by atoms with Gasteiger partial charge in [0.15, 0.2) is 0 Å². The van der Waals surface area contributed by atoms with E-state index in [0.717, 1.165) is 37.9 Å². The summed E-state index contributed by atoms with van der Waals surface area (Å²) in [4.78, 5) is 17.6. The number of nitrogens with zero attached hydrogens (tertiary/aromatic N) is 2. The van der Waals surface area contributed by atoms with Gasteiger partial charge in [0.05, 0.1) is 6.54 Å². The van der Waals surface area contributed by atoms with E-state index in [1.165, 1.54) is 31.4 Å². The van der Waals surface area contributed by atoms with Gasteiger partial charge in [-0.1, -0.05) is 45.2 Å². The van der Waals surface area contributed by atoms with E-state index < -0.39 is 0 Å². The minimum atomic E-state index is -0.235. The summed E-state index contributed by atoms with van der Waals surface area (Å²) in [5.74, 6) is -0.0429. The summed E-state index contributed by atoms with van der Waals surface area (Å²) in [5.41, 5.74) is 7.27.